The van der Waals surface area contributed by atoms with Crippen LogP contribution in [0.15, 0.2) is 36.4 Å². The topological polar surface area (TPSA) is 41.6 Å². The van der Waals surface area contributed by atoms with Crippen LogP contribution in [0.3, 0.4) is 0 Å². The molecule has 1 heterocycles. The van der Waals surface area contributed by atoms with Crippen LogP contribution in [0.25, 0.3) is 0 Å². The van der Waals surface area contributed by atoms with Crippen LogP contribution in [0, 0.1) is 17.6 Å². The highest BCUT2D eigenvalue weighted by atomic mass is 35.5. The second-order valence-electron chi connectivity index (χ2n) is 7.06. The fourth-order valence-corrected chi connectivity index (χ4v) is 4.05. The summed E-state index contributed by atoms with van der Waals surface area (Å²) in [6.07, 6.45) is 1.97. The molecular weight excluding hydrogens is 386 g/mol. The monoisotopic (exact) mass is 408 g/mol. The first-order valence-corrected chi connectivity index (χ1v) is 9.55. The number of amides is 1. The van der Waals surface area contributed by atoms with Crippen molar-refractivity contribution in [3.05, 3.63) is 64.2 Å². The molecule has 1 aliphatic heterocycles. The Hall–Kier alpha value is -2.18. The molecule has 150 valence electrons. The molecule has 2 unspecified atom stereocenters. The van der Waals surface area contributed by atoms with Crippen molar-refractivity contribution in [3.63, 3.8) is 0 Å². The first kappa shape index (κ1) is 20.6. The Morgan fingerprint density at radius 1 is 1.25 bits per heavy atom. The highest BCUT2D eigenvalue weighted by molar-refractivity contribution is 6.33. The first-order chi connectivity index (χ1) is 13.4. The van der Waals surface area contributed by atoms with Crippen LogP contribution in [-0.4, -0.2) is 38.1 Å². The van der Waals surface area contributed by atoms with Crippen molar-refractivity contribution >= 4 is 17.5 Å². The average molecular weight is 409 g/mol. The molecule has 3 rings (SSSR count). The molecule has 28 heavy (non-hydrogen) atoms. The second-order valence-corrected chi connectivity index (χ2v) is 7.46. The third kappa shape index (κ3) is 4.45. The number of halogens is 3. The van der Waals surface area contributed by atoms with E-state index in [1.54, 1.807) is 7.11 Å². The Labute approximate surface area is 168 Å². The van der Waals surface area contributed by atoms with E-state index < -0.39 is 17.5 Å². The van der Waals surface area contributed by atoms with Gasteiger partial charge < -0.3 is 10.1 Å². The van der Waals surface area contributed by atoms with Gasteiger partial charge in [0.15, 0.2) is 11.6 Å². The predicted molar refractivity (Wildman–Crippen MR) is 105 cm³/mol. The van der Waals surface area contributed by atoms with Gasteiger partial charge in [-0.25, -0.2) is 8.78 Å². The maximum absolute atomic E-state index is 13.5. The van der Waals surface area contributed by atoms with Gasteiger partial charge in [-0.15, -0.1) is 0 Å². The molecule has 0 saturated carbocycles. The first-order valence-electron chi connectivity index (χ1n) is 9.17. The summed E-state index contributed by atoms with van der Waals surface area (Å²) in [4.78, 5) is 14.7. The molecule has 1 N–H and O–H groups in total. The minimum absolute atomic E-state index is 0.0641. The summed E-state index contributed by atoms with van der Waals surface area (Å²) in [5.74, 6) is -1.70. The summed E-state index contributed by atoms with van der Waals surface area (Å²) < 4.78 is 31.9. The van der Waals surface area contributed by atoms with Gasteiger partial charge in [0.1, 0.15) is 5.75 Å². The maximum atomic E-state index is 13.5. The Morgan fingerprint density at radius 2 is 1.93 bits per heavy atom. The molecule has 0 aliphatic carbocycles. The Balaban J connectivity index is 1.73. The van der Waals surface area contributed by atoms with E-state index in [0.717, 1.165) is 42.8 Å². The van der Waals surface area contributed by atoms with Gasteiger partial charge in [0.25, 0.3) is 5.91 Å². The van der Waals surface area contributed by atoms with E-state index in [2.05, 4.69) is 17.3 Å². The number of piperidine rings is 1. The van der Waals surface area contributed by atoms with Gasteiger partial charge >= 0.3 is 0 Å². The van der Waals surface area contributed by atoms with E-state index in [-0.39, 0.29) is 22.5 Å². The zero-order valence-electron chi connectivity index (χ0n) is 15.8. The van der Waals surface area contributed by atoms with Gasteiger partial charge in [-0.1, -0.05) is 23.7 Å². The van der Waals surface area contributed by atoms with Crippen molar-refractivity contribution in [2.24, 2.45) is 5.92 Å². The molecule has 0 bridgehead atoms. The fourth-order valence-electron chi connectivity index (χ4n) is 3.82. The number of methoxy groups -OCH3 is 1. The molecule has 2 atom stereocenters. The summed E-state index contributed by atoms with van der Waals surface area (Å²) in [6, 6.07) is 9.71. The standard InChI is InChI=1S/C21H23ClF2N2O2/c1-26-9-3-4-14(20(26)13-5-7-15(28-2)8-6-13)12-25-21(27)16-10-18(23)19(24)11-17(16)22/h5-8,10-11,14,20H,3-4,9,12H2,1-2H3,(H,25,27). The highest BCUT2D eigenvalue weighted by Crippen LogP contribution is 2.35. The van der Waals surface area contributed by atoms with Gasteiger partial charge in [0.2, 0.25) is 0 Å². The Kier molecular flexibility index (Phi) is 6.52. The smallest absolute Gasteiger partial charge is 0.252 e. The SMILES string of the molecule is COc1ccc(C2C(CNC(=O)c3cc(F)c(F)cc3Cl)CCCN2C)cc1. The molecule has 0 aromatic heterocycles. The van der Waals surface area contributed by atoms with Crippen molar-refractivity contribution in [1.82, 2.24) is 10.2 Å². The predicted octanol–water partition coefficient (Wildman–Crippen LogP) is 4.44. The molecule has 1 aliphatic rings. The van der Waals surface area contributed by atoms with E-state index in [1.807, 2.05) is 24.3 Å². The molecule has 2 aromatic carbocycles. The van der Waals surface area contributed by atoms with Gasteiger partial charge in [-0.2, -0.15) is 0 Å². The van der Waals surface area contributed by atoms with Crippen molar-refractivity contribution < 1.29 is 18.3 Å². The maximum Gasteiger partial charge on any atom is 0.252 e. The van der Waals surface area contributed by atoms with Crippen LogP contribution < -0.4 is 10.1 Å². The number of hydrogen-bond donors (Lipinski definition) is 1. The zero-order valence-corrected chi connectivity index (χ0v) is 16.6. The van der Waals surface area contributed by atoms with Crippen LogP contribution >= 0.6 is 11.6 Å². The number of nitrogens with one attached hydrogen (secondary N) is 1. The molecule has 0 spiro atoms. The van der Waals surface area contributed by atoms with Crippen LogP contribution in [-0.2, 0) is 0 Å². The number of benzene rings is 2. The van der Waals surface area contributed by atoms with Crippen molar-refractivity contribution in [2.45, 2.75) is 18.9 Å². The van der Waals surface area contributed by atoms with Crippen LogP contribution in [0.2, 0.25) is 5.02 Å². The Bertz CT molecular complexity index is 845. The van der Waals surface area contributed by atoms with Crippen molar-refractivity contribution in [2.75, 3.05) is 27.2 Å². The van der Waals surface area contributed by atoms with Crippen LogP contribution in [0.1, 0.15) is 34.8 Å². The number of ether oxygens (including phenoxy) is 1. The van der Waals surface area contributed by atoms with E-state index >= 15 is 0 Å². The largest absolute Gasteiger partial charge is 0.497 e. The summed E-state index contributed by atoms with van der Waals surface area (Å²) in [5, 5.41) is 2.73. The number of likely N-dealkylation sites (tertiary alicyclic amines) is 1. The van der Waals surface area contributed by atoms with E-state index in [9.17, 15) is 13.6 Å². The van der Waals surface area contributed by atoms with E-state index in [4.69, 9.17) is 16.3 Å². The number of nitrogens with zero attached hydrogens (tertiary/aromatic N) is 1. The van der Waals surface area contributed by atoms with Gasteiger partial charge in [0, 0.05) is 12.6 Å². The van der Waals surface area contributed by atoms with Crippen LogP contribution in [0.4, 0.5) is 8.78 Å². The summed E-state index contributed by atoms with van der Waals surface area (Å²) in [5.41, 5.74) is 1.08. The van der Waals surface area contributed by atoms with Gasteiger partial charge in [0.05, 0.1) is 17.7 Å². The lowest BCUT2D eigenvalue weighted by Gasteiger charge is -2.39. The Morgan fingerprint density at radius 3 is 2.61 bits per heavy atom. The van der Waals surface area contributed by atoms with E-state index in [0.29, 0.717) is 6.54 Å². The third-order valence-electron chi connectivity index (χ3n) is 5.24. The lowest BCUT2D eigenvalue weighted by Crippen LogP contribution is -2.41. The third-order valence-corrected chi connectivity index (χ3v) is 5.56. The lowest BCUT2D eigenvalue weighted by atomic mass is 9.85. The minimum Gasteiger partial charge on any atom is -0.497 e. The fraction of sp³-hybridized carbons (Fsp3) is 0.381. The van der Waals surface area contributed by atoms with Gasteiger partial charge in [-0.05, 0) is 62.2 Å². The molecule has 0 radical (unpaired) electrons. The van der Waals surface area contributed by atoms with Crippen molar-refractivity contribution in [3.8, 4) is 5.75 Å². The molecule has 7 heteroatoms. The molecule has 2 aromatic rings. The summed E-state index contributed by atoms with van der Waals surface area (Å²) >= 11 is 5.91. The average Bonchev–Trinajstić information content (AvgIpc) is 2.69. The number of carbonyl (C=O) groups excluding carboxylic acids is 1. The highest BCUT2D eigenvalue weighted by Gasteiger charge is 2.31. The molecule has 1 amide bonds. The number of carbonyl (C=O) groups is 1. The zero-order chi connectivity index (χ0) is 20.3. The quantitative estimate of drug-likeness (QED) is 0.744. The molecule has 4 nitrogen and oxygen atoms in total. The molecular formula is C21H23ClF2N2O2. The molecule has 1 fully saturated rings. The minimum atomic E-state index is -1.09. The van der Waals surface area contributed by atoms with Crippen molar-refractivity contribution in [1.29, 1.82) is 0 Å². The van der Waals surface area contributed by atoms with Crippen LogP contribution in [0.5, 0.6) is 5.75 Å². The summed E-state index contributed by atoms with van der Waals surface area (Å²) in [7, 11) is 3.69. The number of hydrogen-bond acceptors (Lipinski definition) is 3. The van der Waals surface area contributed by atoms with Gasteiger partial charge in [-0.3, -0.25) is 9.69 Å². The summed E-state index contributed by atoms with van der Waals surface area (Å²) in [6.45, 7) is 1.38. The second kappa shape index (κ2) is 8.88. The normalized spacial score (nSPS) is 20.0. The lowest BCUT2D eigenvalue weighted by molar-refractivity contribution is 0.0891. The molecule has 1 saturated heterocycles. The van der Waals surface area contributed by atoms with E-state index in [1.165, 1.54) is 0 Å². The number of rotatable bonds is 5.